The maximum Gasteiger partial charge on any atom is 0.300 e. The van der Waals surface area contributed by atoms with Gasteiger partial charge in [0, 0.05) is 10.9 Å². The number of oxazole rings is 1. The van der Waals surface area contributed by atoms with E-state index >= 15 is 0 Å². The van der Waals surface area contributed by atoms with Crippen LogP contribution in [0.4, 0.5) is 16.1 Å². The minimum absolute atomic E-state index is 0.306. The number of halogens is 1. The fourth-order valence-corrected chi connectivity index (χ4v) is 3.35. The number of fused-ring (bicyclic) bond motifs is 3. The van der Waals surface area contributed by atoms with Crippen molar-refractivity contribution in [1.29, 1.82) is 0 Å². The summed E-state index contributed by atoms with van der Waals surface area (Å²) in [6.45, 7) is 0. The maximum absolute atomic E-state index is 13.8. The third-order valence-electron chi connectivity index (χ3n) is 4.68. The number of anilines is 2. The summed E-state index contributed by atoms with van der Waals surface area (Å²) in [4.78, 5) is 9.35. The normalized spacial score (nSPS) is 11.1. The Hall–Kier alpha value is -3.93. The first kappa shape index (κ1) is 17.2. The molecule has 0 fully saturated rings. The number of hydrogen-bond acceptors (Lipinski definition) is 5. The molecular weight excluding hydrogens is 369 g/mol. The predicted octanol–water partition coefficient (Wildman–Crippen LogP) is 5.93. The molecule has 2 heterocycles. The molecule has 0 saturated heterocycles. The summed E-state index contributed by atoms with van der Waals surface area (Å²) in [6.07, 6.45) is 0. The Morgan fingerprint density at radius 3 is 2.62 bits per heavy atom. The van der Waals surface area contributed by atoms with Crippen LogP contribution in [-0.2, 0) is 0 Å². The molecule has 0 spiro atoms. The summed E-state index contributed by atoms with van der Waals surface area (Å²) in [7, 11) is 1.60. The van der Waals surface area contributed by atoms with Gasteiger partial charge in [-0.05, 0) is 36.4 Å². The van der Waals surface area contributed by atoms with Gasteiger partial charge in [-0.2, -0.15) is 4.98 Å². The molecule has 0 atom stereocenters. The van der Waals surface area contributed by atoms with Gasteiger partial charge in [0.25, 0.3) is 6.01 Å². The first-order chi connectivity index (χ1) is 14.2. The third-order valence-corrected chi connectivity index (χ3v) is 4.68. The second-order valence-corrected chi connectivity index (χ2v) is 6.51. The standard InChI is InChI=1S/C23H16FN3O2/c1-28-19-12-5-4-11-18(19)26-23-27-21-20(14-7-6-8-15(24)13-14)25-17-10-3-2-9-16(17)22(21)29-23/h2-13H,1H3,(H,26,27). The van der Waals surface area contributed by atoms with E-state index in [1.807, 2.05) is 54.6 Å². The molecule has 0 amide bonds. The van der Waals surface area contributed by atoms with Gasteiger partial charge >= 0.3 is 0 Å². The van der Waals surface area contributed by atoms with Gasteiger partial charge in [-0.25, -0.2) is 9.37 Å². The van der Waals surface area contributed by atoms with Crippen molar-refractivity contribution in [3.05, 3.63) is 78.6 Å². The fourth-order valence-electron chi connectivity index (χ4n) is 3.35. The SMILES string of the molecule is COc1ccccc1Nc1nc2c(-c3cccc(F)c3)nc3ccccc3c2o1. The summed E-state index contributed by atoms with van der Waals surface area (Å²) in [6, 6.07) is 21.8. The van der Waals surface area contributed by atoms with Crippen molar-refractivity contribution in [2.24, 2.45) is 0 Å². The summed E-state index contributed by atoms with van der Waals surface area (Å²) < 4.78 is 25.3. The fraction of sp³-hybridized carbons (Fsp3) is 0.0435. The van der Waals surface area contributed by atoms with Crippen LogP contribution in [0.2, 0.25) is 0 Å². The molecule has 0 bridgehead atoms. The average Bonchev–Trinajstić information content (AvgIpc) is 3.17. The van der Waals surface area contributed by atoms with Crippen LogP contribution in [0.3, 0.4) is 0 Å². The number of aromatic nitrogens is 2. The summed E-state index contributed by atoms with van der Waals surface area (Å²) in [5, 5.41) is 4.00. The number of nitrogens with one attached hydrogen (secondary N) is 1. The first-order valence-corrected chi connectivity index (χ1v) is 9.08. The van der Waals surface area contributed by atoms with Crippen LogP contribution in [-0.4, -0.2) is 17.1 Å². The lowest BCUT2D eigenvalue weighted by Crippen LogP contribution is -1.94. The van der Waals surface area contributed by atoms with Crippen LogP contribution in [0.1, 0.15) is 0 Å². The molecule has 0 aliphatic carbocycles. The highest BCUT2D eigenvalue weighted by molar-refractivity contribution is 6.06. The van der Waals surface area contributed by atoms with E-state index in [1.54, 1.807) is 13.2 Å². The lowest BCUT2D eigenvalue weighted by molar-refractivity contribution is 0.416. The molecule has 5 nitrogen and oxygen atoms in total. The Morgan fingerprint density at radius 2 is 1.76 bits per heavy atom. The first-order valence-electron chi connectivity index (χ1n) is 9.08. The van der Waals surface area contributed by atoms with Gasteiger partial charge in [0.1, 0.15) is 22.8 Å². The molecule has 0 aliphatic heterocycles. The monoisotopic (exact) mass is 385 g/mol. The van der Waals surface area contributed by atoms with E-state index in [4.69, 9.17) is 14.1 Å². The lowest BCUT2D eigenvalue weighted by atomic mass is 10.1. The smallest absolute Gasteiger partial charge is 0.300 e. The Morgan fingerprint density at radius 1 is 0.931 bits per heavy atom. The van der Waals surface area contributed by atoms with Crippen LogP contribution >= 0.6 is 0 Å². The number of hydrogen-bond donors (Lipinski definition) is 1. The number of benzene rings is 3. The molecule has 142 valence electrons. The molecule has 1 N–H and O–H groups in total. The van der Waals surface area contributed by atoms with Gasteiger partial charge in [-0.1, -0.05) is 36.4 Å². The number of methoxy groups -OCH3 is 1. The molecule has 3 aromatic carbocycles. The maximum atomic E-state index is 13.8. The van der Waals surface area contributed by atoms with Crippen molar-refractivity contribution >= 4 is 33.7 Å². The minimum Gasteiger partial charge on any atom is -0.495 e. The number of ether oxygens (including phenoxy) is 1. The van der Waals surface area contributed by atoms with Crippen LogP contribution in [0, 0.1) is 5.82 Å². The topological polar surface area (TPSA) is 60.2 Å². The number of rotatable bonds is 4. The molecule has 6 heteroatoms. The Balaban J connectivity index is 1.73. The van der Waals surface area contributed by atoms with Gasteiger partial charge < -0.3 is 14.5 Å². The Labute approximate surface area is 165 Å². The van der Waals surface area contributed by atoms with Crippen molar-refractivity contribution in [2.45, 2.75) is 0 Å². The number of pyridine rings is 1. The van der Waals surface area contributed by atoms with Crippen molar-refractivity contribution in [3.8, 4) is 17.0 Å². The highest BCUT2D eigenvalue weighted by atomic mass is 19.1. The van der Waals surface area contributed by atoms with Crippen molar-refractivity contribution in [3.63, 3.8) is 0 Å². The van der Waals surface area contributed by atoms with Crippen molar-refractivity contribution in [1.82, 2.24) is 9.97 Å². The van der Waals surface area contributed by atoms with E-state index in [0.717, 1.165) is 16.6 Å². The summed E-state index contributed by atoms with van der Waals surface area (Å²) in [5.41, 5.74) is 3.83. The number of nitrogens with zero attached hydrogens (tertiary/aromatic N) is 2. The van der Waals surface area contributed by atoms with E-state index in [2.05, 4.69) is 10.3 Å². The average molecular weight is 385 g/mol. The largest absolute Gasteiger partial charge is 0.495 e. The van der Waals surface area contributed by atoms with Crippen LogP contribution < -0.4 is 10.1 Å². The second kappa shape index (κ2) is 6.91. The second-order valence-electron chi connectivity index (χ2n) is 6.51. The zero-order valence-corrected chi connectivity index (χ0v) is 15.5. The highest BCUT2D eigenvalue weighted by Gasteiger charge is 2.18. The van der Waals surface area contributed by atoms with E-state index in [0.29, 0.717) is 34.1 Å². The molecule has 5 aromatic rings. The zero-order valence-electron chi connectivity index (χ0n) is 15.5. The molecule has 0 saturated carbocycles. The third kappa shape index (κ3) is 3.04. The van der Waals surface area contributed by atoms with Crippen LogP contribution in [0.15, 0.2) is 77.2 Å². The molecule has 0 aliphatic rings. The van der Waals surface area contributed by atoms with Gasteiger partial charge in [0.15, 0.2) is 5.58 Å². The minimum atomic E-state index is -0.332. The van der Waals surface area contributed by atoms with E-state index < -0.39 is 0 Å². The van der Waals surface area contributed by atoms with Gasteiger partial charge in [0.2, 0.25) is 0 Å². The molecule has 2 aromatic heterocycles. The quantitative estimate of drug-likeness (QED) is 0.415. The van der Waals surface area contributed by atoms with Crippen molar-refractivity contribution < 1.29 is 13.5 Å². The van der Waals surface area contributed by atoms with Gasteiger partial charge in [-0.15, -0.1) is 0 Å². The zero-order chi connectivity index (χ0) is 19.8. The van der Waals surface area contributed by atoms with Crippen LogP contribution in [0.25, 0.3) is 33.3 Å². The lowest BCUT2D eigenvalue weighted by Gasteiger charge is -2.07. The van der Waals surface area contributed by atoms with E-state index in [9.17, 15) is 4.39 Å². The Bertz CT molecular complexity index is 1350. The summed E-state index contributed by atoms with van der Waals surface area (Å²) in [5.74, 6) is 0.338. The van der Waals surface area contributed by atoms with Crippen LogP contribution in [0.5, 0.6) is 5.75 Å². The molecule has 29 heavy (non-hydrogen) atoms. The van der Waals surface area contributed by atoms with Crippen molar-refractivity contribution in [2.75, 3.05) is 12.4 Å². The summed E-state index contributed by atoms with van der Waals surface area (Å²) >= 11 is 0. The predicted molar refractivity (Wildman–Crippen MR) is 111 cm³/mol. The molecule has 0 radical (unpaired) electrons. The van der Waals surface area contributed by atoms with E-state index in [-0.39, 0.29) is 5.82 Å². The number of para-hydroxylation sites is 3. The van der Waals surface area contributed by atoms with Gasteiger partial charge in [-0.3, -0.25) is 0 Å². The molecule has 5 rings (SSSR count). The Kier molecular flexibility index (Phi) is 4.09. The van der Waals surface area contributed by atoms with Gasteiger partial charge in [0.05, 0.1) is 18.3 Å². The molecular formula is C23H16FN3O2. The van der Waals surface area contributed by atoms with E-state index in [1.165, 1.54) is 12.1 Å². The molecule has 0 unspecified atom stereocenters. The highest BCUT2D eigenvalue weighted by Crippen LogP contribution is 2.35.